The first kappa shape index (κ1) is 10.7. The second-order valence-corrected chi connectivity index (χ2v) is 4.76. The first-order valence-electron chi connectivity index (χ1n) is 5.99. The molecule has 1 heterocycles. The Bertz CT molecular complexity index is 310. The normalized spacial score (nSPS) is 19.6. The van der Waals surface area contributed by atoms with Crippen LogP contribution in [0.1, 0.15) is 45.2 Å². The van der Waals surface area contributed by atoms with Crippen molar-refractivity contribution in [2.24, 2.45) is 0 Å². The molecular formula is C12H21N3. The number of rotatable bonds is 4. The molecule has 0 amide bonds. The van der Waals surface area contributed by atoms with Crippen molar-refractivity contribution >= 4 is 0 Å². The van der Waals surface area contributed by atoms with Gasteiger partial charge in [-0.15, -0.1) is 0 Å². The molecule has 0 spiro atoms. The van der Waals surface area contributed by atoms with Gasteiger partial charge < -0.3 is 5.32 Å². The summed E-state index contributed by atoms with van der Waals surface area (Å²) in [5.41, 5.74) is 1.66. The van der Waals surface area contributed by atoms with Gasteiger partial charge in [0.1, 0.15) is 0 Å². The van der Waals surface area contributed by atoms with Crippen LogP contribution in [0.15, 0.2) is 12.3 Å². The van der Waals surface area contributed by atoms with E-state index in [9.17, 15) is 0 Å². The maximum atomic E-state index is 4.28. The third-order valence-corrected chi connectivity index (χ3v) is 3.51. The van der Waals surface area contributed by atoms with Gasteiger partial charge in [0, 0.05) is 24.8 Å². The highest BCUT2D eigenvalue weighted by atomic mass is 15.3. The van der Waals surface area contributed by atoms with Crippen molar-refractivity contribution in [2.75, 3.05) is 0 Å². The summed E-state index contributed by atoms with van der Waals surface area (Å²) in [6, 6.07) is 2.11. The van der Waals surface area contributed by atoms with Crippen LogP contribution in [0.25, 0.3) is 0 Å². The first-order valence-corrected chi connectivity index (χ1v) is 5.99. The Kier molecular flexibility index (Phi) is 3.10. The summed E-state index contributed by atoms with van der Waals surface area (Å²) in [6.07, 6.45) is 7.26. The molecule has 0 unspecified atom stereocenters. The van der Waals surface area contributed by atoms with E-state index in [1.165, 1.54) is 31.4 Å². The van der Waals surface area contributed by atoms with Crippen LogP contribution in [-0.4, -0.2) is 15.3 Å². The highest BCUT2D eigenvalue weighted by Gasteiger charge is 2.27. The van der Waals surface area contributed by atoms with Gasteiger partial charge in [-0.2, -0.15) is 5.10 Å². The molecule has 0 aromatic carbocycles. The number of hydrogen-bond acceptors (Lipinski definition) is 2. The molecular weight excluding hydrogens is 186 g/mol. The molecule has 1 fully saturated rings. The van der Waals surface area contributed by atoms with Crippen molar-refractivity contribution in [3.05, 3.63) is 18.0 Å². The average Bonchev–Trinajstić information content (AvgIpc) is 2.84. The smallest absolute Gasteiger partial charge is 0.0522 e. The highest BCUT2D eigenvalue weighted by molar-refractivity contribution is 5.01. The fourth-order valence-corrected chi connectivity index (χ4v) is 2.43. The van der Waals surface area contributed by atoms with Gasteiger partial charge in [0.25, 0.3) is 0 Å². The zero-order valence-electron chi connectivity index (χ0n) is 9.79. The standard InChI is InChI=1S/C12H21N3/c1-3-15-11(6-9-14-15)10-13-12(2)7-4-5-8-12/h6,9,13H,3-5,7-8,10H2,1-2H3. The van der Waals surface area contributed by atoms with Crippen LogP contribution in [0.3, 0.4) is 0 Å². The molecule has 2 rings (SSSR count). The van der Waals surface area contributed by atoms with Gasteiger partial charge in [0.15, 0.2) is 0 Å². The van der Waals surface area contributed by atoms with Gasteiger partial charge in [-0.25, -0.2) is 0 Å². The zero-order valence-corrected chi connectivity index (χ0v) is 9.79. The number of aromatic nitrogens is 2. The maximum Gasteiger partial charge on any atom is 0.0522 e. The Hall–Kier alpha value is -0.830. The van der Waals surface area contributed by atoms with E-state index < -0.39 is 0 Å². The first-order chi connectivity index (χ1) is 7.23. The van der Waals surface area contributed by atoms with Gasteiger partial charge >= 0.3 is 0 Å². The summed E-state index contributed by atoms with van der Waals surface area (Å²) < 4.78 is 2.06. The van der Waals surface area contributed by atoms with E-state index in [0.717, 1.165) is 13.1 Å². The second kappa shape index (κ2) is 4.35. The minimum atomic E-state index is 0.364. The lowest BCUT2D eigenvalue weighted by molar-refractivity contribution is 0.356. The molecule has 84 valence electrons. The van der Waals surface area contributed by atoms with Crippen molar-refractivity contribution in [2.45, 2.75) is 58.2 Å². The van der Waals surface area contributed by atoms with Crippen LogP contribution >= 0.6 is 0 Å². The number of aryl methyl sites for hydroxylation is 1. The largest absolute Gasteiger partial charge is 0.306 e. The minimum Gasteiger partial charge on any atom is -0.306 e. The summed E-state index contributed by atoms with van der Waals surface area (Å²) in [5.74, 6) is 0. The van der Waals surface area contributed by atoms with Crippen molar-refractivity contribution in [3.8, 4) is 0 Å². The Balaban J connectivity index is 1.92. The molecule has 1 saturated carbocycles. The molecule has 1 aromatic heterocycles. The van der Waals surface area contributed by atoms with Gasteiger partial charge in [-0.05, 0) is 32.8 Å². The van der Waals surface area contributed by atoms with E-state index in [-0.39, 0.29) is 0 Å². The van der Waals surface area contributed by atoms with Crippen molar-refractivity contribution in [3.63, 3.8) is 0 Å². The van der Waals surface area contributed by atoms with Gasteiger partial charge in [-0.1, -0.05) is 12.8 Å². The van der Waals surface area contributed by atoms with Crippen LogP contribution in [0, 0.1) is 0 Å². The fraction of sp³-hybridized carbons (Fsp3) is 0.750. The molecule has 1 aromatic rings. The summed E-state index contributed by atoms with van der Waals surface area (Å²) in [5, 5.41) is 7.95. The quantitative estimate of drug-likeness (QED) is 0.821. The molecule has 15 heavy (non-hydrogen) atoms. The van der Waals surface area contributed by atoms with Crippen molar-refractivity contribution in [1.29, 1.82) is 0 Å². The maximum absolute atomic E-state index is 4.28. The molecule has 1 N–H and O–H groups in total. The molecule has 0 atom stereocenters. The van der Waals surface area contributed by atoms with Crippen LogP contribution in [0.4, 0.5) is 0 Å². The van der Waals surface area contributed by atoms with Gasteiger partial charge in [0.05, 0.1) is 5.69 Å². The predicted molar refractivity (Wildman–Crippen MR) is 61.6 cm³/mol. The van der Waals surface area contributed by atoms with E-state index in [4.69, 9.17) is 0 Å². The summed E-state index contributed by atoms with van der Waals surface area (Å²) >= 11 is 0. The number of nitrogens with one attached hydrogen (secondary N) is 1. The summed E-state index contributed by atoms with van der Waals surface area (Å²) in [4.78, 5) is 0. The van der Waals surface area contributed by atoms with Crippen LogP contribution < -0.4 is 5.32 Å². The van der Waals surface area contributed by atoms with E-state index in [1.54, 1.807) is 0 Å². The monoisotopic (exact) mass is 207 g/mol. The van der Waals surface area contributed by atoms with Gasteiger partial charge in [0.2, 0.25) is 0 Å². The summed E-state index contributed by atoms with van der Waals surface area (Å²) in [6.45, 7) is 6.38. The Morgan fingerprint density at radius 1 is 1.47 bits per heavy atom. The summed E-state index contributed by atoms with van der Waals surface area (Å²) in [7, 11) is 0. The van der Waals surface area contributed by atoms with Crippen LogP contribution in [0.2, 0.25) is 0 Å². The third-order valence-electron chi connectivity index (χ3n) is 3.51. The van der Waals surface area contributed by atoms with E-state index in [1.807, 2.05) is 6.20 Å². The Labute approximate surface area is 91.9 Å². The Morgan fingerprint density at radius 2 is 2.20 bits per heavy atom. The number of hydrogen-bond donors (Lipinski definition) is 1. The van der Waals surface area contributed by atoms with Crippen LogP contribution in [-0.2, 0) is 13.1 Å². The fourth-order valence-electron chi connectivity index (χ4n) is 2.43. The highest BCUT2D eigenvalue weighted by Crippen LogP contribution is 2.29. The minimum absolute atomic E-state index is 0.364. The molecule has 3 heteroatoms. The lowest BCUT2D eigenvalue weighted by Crippen LogP contribution is -2.39. The van der Waals surface area contributed by atoms with E-state index in [2.05, 4.69) is 35.0 Å². The molecule has 0 saturated heterocycles. The van der Waals surface area contributed by atoms with Gasteiger partial charge in [-0.3, -0.25) is 4.68 Å². The molecule has 3 nitrogen and oxygen atoms in total. The molecule has 1 aliphatic carbocycles. The number of nitrogens with zero attached hydrogens (tertiary/aromatic N) is 2. The van der Waals surface area contributed by atoms with Crippen molar-refractivity contribution in [1.82, 2.24) is 15.1 Å². The molecule has 0 bridgehead atoms. The zero-order chi connectivity index (χ0) is 10.7. The lowest BCUT2D eigenvalue weighted by atomic mass is 10.0. The SMILES string of the molecule is CCn1nccc1CNC1(C)CCCC1. The lowest BCUT2D eigenvalue weighted by Gasteiger charge is -2.25. The predicted octanol–water partition coefficient (Wildman–Crippen LogP) is 2.33. The second-order valence-electron chi connectivity index (χ2n) is 4.76. The average molecular weight is 207 g/mol. The van der Waals surface area contributed by atoms with E-state index >= 15 is 0 Å². The topological polar surface area (TPSA) is 29.9 Å². The third kappa shape index (κ3) is 2.40. The molecule has 1 aliphatic rings. The molecule has 0 radical (unpaired) electrons. The Morgan fingerprint density at radius 3 is 2.87 bits per heavy atom. The van der Waals surface area contributed by atoms with E-state index in [0.29, 0.717) is 5.54 Å². The molecule has 0 aliphatic heterocycles. The van der Waals surface area contributed by atoms with Crippen molar-refractivity contribution < 1.29 is 0 Å². The van der Waals surface area contributed by atoms with Crippen LogP contribution in [0.5, 0.6) is 0 Å².